The summed E-state index contributed by atoms with van der Waals surface area (Å²) in [4.78, 5) is 4.87. The summed E-state index contributed by atoms with van der Waals surface area (Å²) in [7, 11) is 0. The minimum absolute atomic E-state index is 0.127. The van der Waals surface area contributed by atoms with Gasteiger partial charge in [-0.15, -0.1) is 0 Å². The first-order valence-electron chi connectivity index (χ1n) is 6.98. The lowest BCUT2D eigenvalue weighted by molar-refractivity contribution is 0.0832. The van der Waals surface area contributed by atoms with E-state index in [0.29, 0.717) is 6.04 Å². The molecule has 1 fully saturated rings. The van der Waals surface area contributed by atoms with E-state index in [-0.39, 0.29) is 17.5 Å². The van der Waals surface area contributed by atoms with Gasteiger partial charge in [0.05, 0.1) is 0 Å². The van der Waals surface area contributed by atoms with Crippen LogP contribution in [0.2, 0.25) is 0 Å². The zero-order valence-corrected chi connectivity index (χ0v) is 12.0. The van der Waals surface area contributed by atoms with Crippen molar-refractivity contribution < 1.29 is 10.2 Å². The quantitative estimate of drug-likeness (QED) is 0.878. The van der Waals surface area contributed by atoms with E-state index in [2.05, 4.69) is 30.6 Å². The van der Waals surface area contributed by atoms with Gasteiger partial charge in [-0.2, -0.15) is 0 Å². The molecular formula is C15H24N2O2. The van der Waals surface area contributed by atoms with Gasteiger partial charge in [-0.3, -0.25) is 9.80 Å². The minimum Gasteiger partial charge on any atom is -0.508 e. The number of rotatable bonds is 3. The Bertz CT molecular complexity index is 406. The van der Waals surface area contributed by atoms with E-state index in [0.717, 1.165) is 31.7 Å². The highest BCUT2D eigenvalue weighted by Crippen LogP contribution is 2.28. The van der Waals surface area contributed by atoms with Crippen molar-refractivity contribution in [2.45, 2.75) is 32.9 Å². The SMILES string of the molecule is CC(C)N1CCN(C(C)c2cc(O)cc(O)c2)CC1. The first-order valence-corrected chi connectivity index (χ1v) is 6.98. The average molecular weight is 264 g/mol. The summed E-state index contributed by atoms with van der Waals surface area (Å²) in [6.07, 6.45) is 0. The number of phenols is 2. The maximum atomic E-state index is 9.57. The van der Waals surface area contributed by atoms with Crippen molar-refractivity contribution in [2.24, 2.45) is 0 Å². The van der Waals surface area contributed by atoms with E-state index in [1.54, 1.807) is 12.1 Å². The molecule has 0 radical (unpaired) electrons. The molecule has 1 unspecified atom stereocenters. The van der Waals surface area contributed by atoms with Crippen LogP contribution in [0.4, 0.5) is 0 Å². The molecule has 0 aliphatic carbocycles. The Balaban J connectivity index is 2.02. The lowest BCUT2D eigenvalue weighted by Crippen LogP contribution is -2.49. The van der Waals surface area contributed by atoms with Crippen molar-refractivity contribution in [1.29, 1.82) is 0 Å². The van der Waals surface area contributed by atoms with Gasteiger partial charge in [-0.05, 0) is 38.5 Å². The Morgan fingerprint density at radius 2 is 1.32 bits per heavy atom. The second-order valence-electron chi connectivity index (χ2n) is 5.62. The third-order valence-corrected chi connectivity index (χ3v) is 4.03. The van der Waals surface area contributed by atoms with Crippen molar-refractivity contribution in [3.8, 4) is 11.5 Å². The number of benzene rings is 1. The van der Waals surface area contributed by atoms with Crippen LogP contribution in [0.3, 0.4) is 0 Å². The first-order chi connectivity index (χ1) is 8.97. The molecule has 4 nitrogen and oxygen atoms in total. The van der Waals surface area contributed by atoms with Crippen molar-refractivity contribution >= 4 is 0 Å². The Morgan fingerprint density at radius 1 is 0.842 bits per heavy atom. The van der Waals surface area contributed by atoms with Gasteiger partial charge in [-0.25, -0.2) is 0 Å². The predicted molar refractivity (Wildman–Crippen MR) is 76.5 cm³/mol. The third kappa shape index (κ3) is 3.39. The van der Waals surface area contributed by atoms with Gasteiger partial charge in [0.25, 0.3) is 0 Å². The lowest BCUT2D eigenvalue weighted by atomic mass is 10.0. The van der Waals surface area contributed by atoms with E-state index in [1.165, 1.54) is 6.07 Å². The van der Waals surface area contributed by atoms with Crippen LogP contribution >= 0.6 is 0 Å². The molecule has 1 aliphatic rings. The summed E-state index contributed by atoms with van der Waals surface area (Å²) in [5.41, 5.74) is 0.968. The summed E-state index contributed by atoms with van der Waals surface area (Å²) in [6.45, 7) is 10.8. The highest BCUT2D eigenvalue weighted by atomic mass is 16.3. The topological polar surface area (TPSA) is 46.9 Å². The molecule has 0 bridgehead atoms. The Kier molecular flexibility index (Phi) is 4.32. The molecule has 1 aliphatic heterocycles. The van der Waals surface area contributed by atoms with Crippen LogP contribution in [0.5, 0.6) is 11.5 Å². The van der Waals surface area contributed by atoms with Gasteiger partial charge in [0, 0.05) is 44.3 Å². The minimum atomic E-state index is 0.127. The molecule has 2 N–H and O–H groups in total. The summed E-state index contributed by atoms with van der Waals surface area (Å²) in [5.74, 6) is 0.255. The second-order valence-corrected chi connectivity index (χ2v) is 5.62. The molecule has 106 valence electrons. The Morgan fingerprint density at radius 3 is 1.79 bits per heavy atom. The number of hydrogen-bond acceptors (Lipinski definition) is 4. The summed E-state index contributed by atoms with van der Waals surface area (Å²) in [5, 5.41) is 19.1. The van der Waals surface area contributed by atoms with Crippen LogP contribution in [0.25, 0.3) is 0 Å². The maximum absolute atomic E-state index is 9.57. The first kappa shape index (κ1) is 14.2. The maximum Gasteiger partial charge on any atom is 0.119 e. The average Bonchev–Trinajstić information content (AvgIpc) is 2.37. The normalized spacial score (nSPS) is 19.8. The molecule has 2 rings (SSSR count). The van der Waals surface area contributed by atoms with Gasteiger partial charge in [0.15, 0.2) is 0 Å². The highest BCUT2D eigenvalue weighted by molar-refractivity contribution is 5.38. The van der Waals surface area contributed by atoms with Crippen LogP contribution < -0.4 is 0 Å². The number of nitrogens with zero attached hydrogens (tertiary/aromatic N) is 2. The Labute approximate surface area is 115 Å². The zero-order valence-electron chi connectivity index (χ0n) is 12.0. The molecule has 1 aromatic carbocycles. The van der Waals surface area contributed by atoms with E-state index < -0.39 is 0 Å². The van der Waals surface area contributed by atoms with Crippen LogP contribution in [0, 0.1) is 0 Å². The van der Waals surface area contributed by atoms with E-state index in [4.69, 9.17) is 0 Å². The zero-order chi connectivity index (χ0) is 14.0. The van der Waals surface area contributed by atoms with Crippen LogP contribution in [-0.2, 0) is 0 Å². The largest absolute Gasteiger partial charge is 0.508 e. The molecule has 0 spiro atoms. The van der Waals surface area contributed by atoms with Gasteiger partial charge < -0.3 is 10.2 Å². The molecule has 0 saturated carbocycles. The van der Waals surface area contributed by atoms with Gasteiger partial charge in [0.1, 0.15) is 11.5 Å². The molecule has 0 amide bonds. The summed E-state index contributed by atoms with van der Waals surface area (Å²) >= 11 is 0. The fraction of sp³-hybridized carbons (Fsp3) is 0.600. The van der Waals surface area contributed by atoms with E-state index in [9.17, 15) is 10.2 Å². The molecule has 19 heavy (non-hydrogen) atoms. The van der Waals surface area contributed by atoms with Crippen LogP contribution in [0.1, 0.15) is 32.4 Å². The van der Waals surface area contributed by atoms with Gasteiger partial charge >= 0.3 is 0 Å². The smallest absolute Gasteiger partial charge is 0.119 e. The van der Waals surface area contributed by atoms with Crippen molar-refractivity contribution in [2.75, 3.05) is 26.2 Å². The molecule has 1 atom stereocenters. The van der Waals surface area contributed by atoms with Crippen molar-refractivity contribution in [3.05, 3.63) is 23.8 Å². The molecule has 1 aromatic rings. The highest BCUT2D eigenvalue weighted by Gasteiger charge is 2.23. The molecule has 1 heterocycles. The fourth-order valence-electron chi connectivity index (χ4n) is 2.71. The number of aromatic hydroxyl groups is 2. The van der Waals surface area contributed by atoms with E-state index >= 15 is 0 Å². The van der Waals surface area contributed by atoms with E-state index in [1.807, 2.05) is 0 Å². The van der Waals surface area contributed by atoms with Crippen LogP contribution in [-0.4, -0.2) is 52.2 Å². The standard InChI is InChI=1S/C15H24N2O2/c1-11(2)16-4-6-17(7-5-16)12(3)13-8-14(18)10-15(19)9-13/h8-12,18-19H,4-7H2,1-3H3. The summed E-state index contributed by atoms with van der Waals surface area (Å²) in [6, 6.07) is 5.65. The predicted octanol–water partition coefficient (Wildman–Crippen LogP) is 2.18. The lowest BCUT2D eigenvalue weighted by Gasteiger charge is -2.40. The van der Waals surface area contributed by atoms with Crippen LogP contribution in [0.15, 0.2) is 18.2 Å². The third-order valence-electron chi connectivity index (χ3n) is 4.03. The second kappa shape index (κ2) is 5.80. The number of piperazine rings is 1. The van der Waals surface area contributed by atoms with Crippen molar-refractivity contribution in [1.82, 2.24) is 9.80 Å². The monoisotopic (exact) mass is 264 g/mol. The number of hydrogen-bond donors (Lipinski definition) is 2. The van der Waals surface area contributed by atoms with Crippen molar-refractivity contribution in [3.63, 3.8) is 0 Å². The Hall–Kier alpha value is -1.26. The fourth-order valence-corrected chi connectivity index (χ4v) is 2.71. The molecule has 1 saturated heterocycles. The molecule has 4 heteroatoms. The summed E-state index contributed by atoms with van der Waals surface area (Å²) < 4.78 is 0. The van der Waals surface area contributed by atoms with Gasteiger partial charge in [0.2, 0.25) is 0 Å². The number of phenolic OH excluding ortho intramolecular Hbond substituents is 2. The molecule has 0 aromatic heterocycles. The molecular weight excluding hydrogens is 240 g/mol. The van der Waals surface area contributed by atoms with Gasteiger partial charge in [-0.1, -0.05) is 0 Å².